The summed E-state index contributed by atoms with van der Waals surface area (Å²) < 4.78 is 28.0. The largest absolute Gasteiger partial charge is 0.465 e. The number of allylic oxidation sites excluding steroid dienone is 1. The molecular weight excluding hydrogens is 606 g/mol. The van der Waals surface area contributed by atoms with Crippen molar-refractivity contribution in [1.82, 2.24) is 19.4 Å². The molecule has 2 heterocycles. The van der Waals surface area contributed by atoms with Gasteiger partial charge in [0, 0.05) is 36.8 Å². The van der Waals surface area contributed by atoms with E-state index >= 15 is 0 Å². The van der Waals surface area contributed by atoms with Gasteiger partial charge in [-0.25, -0.2) is 18.6 Å². The average molecular weight is 649 g/mol. The van der Waals surface area contributed by atoms with Crippen molar-refractivity contribution in [3.8, 4) is 6.07 Å². The van der Waals surface area contributed by atoms with Crippen molar-refractivity contribution < 1.29 is 28.3 Å². The van der Waals surface area contributed by atoms with E-state index in [1.807, 2.05) is 59.7 Å². The lowest BCUT2D eigenvalue weighted by atomic mass is 9.87. The molecule has 10 nitrogen and oxygen atoms in total. The Morgan fingerprint density at radius 3 is 2.40 bits per heavy atom. The molecule has 0 spiro atoms. The minimum Gasteiger partial charge on any atom is -0.465 e. The lowest BCUT2D eigenvalue weighted by Gasteiger charge is -2.36. The number of halogens is 2. The monoisotopic (exact) mass is 648 g/mol. The van der Waals surface area contributed by atoms with Crippen molar-refractivity contribution in [1.29, 1.82) is 5.26 Å². The van der Waals surface area contributed by atoms with Gasteiger partial charge in [0.05, 0.1) is 17.1 Å². The van der Waals surface area contributed by atoms with Gasteiger partial charge in [0.25, 0.3) is 18.2 Å². The number of anilines is 1. The van der Waals surface area contributed by atoms with Gasteiger partial charge < -0.3 is 19.5 Å². The van der Waals surface area contributed by atoms with E-state index in [0.29, 0.717) is 29.6 Å². The molecule has 2 atom stereocenters. The Morgan fingerprint density at radius 1 is 1.15 bits per heavy atom. The number of nitrogens with zero attached hydrogens (tertiary/aromatic N) is 5. The van der Waals surface area contributed by atoms with Gasteiger partial charge in [-0.2, -0.15) is 5.26 Å². The lowest BCUT2D eigenvalue weighted by Crippen LogP contribution is -2.44. The second kappa shape index (κ2) is 14.3. The maximum atomic E-state index is 13.4. The van der Waals surface area contributed by atoms with Crippen molar-refractivity contribution in [3.05, 3.63) is 70.8 Å². The standard InChI is InChI=1S/C35H42F2N6O4/c1-21(2)16-26(18-38)32(45)41-15-7-8-27(41)20-43-29-14-9-23(19-42(34(46)47)22(3)35(4,5)6)17-28(29)39-33(43)40-31(44)25-12-10-24(11-13-25)30(36)37/h9-14,16-17,21-22,27,30H,7-8,15,19-20H2,1-6H3,(H,46,47)(H,39,40,44). The molecule has 12 heteroatoms. The molecule has 0 radical (unpaired) electrons. The molecule has 2 unspecified atom stereocenters. The normalized spacial score (nSPS) is 16.1. The minimum atomic E-state index is -2.66. The van der Waals surface area contributed by atoms with Gasteiger partial charge >= 0.3 is 6.09 Å². The first-order valence-corrected chi connectivity index (χ1v) is 15.7. The van der Waals surface area contributed by atoms with Crippen LogP contribution in [0.2, 0.25) is 0 Å². The molecule has 4 rings (SSSR count). The first kappa shape index (κ1) is 35.1. The number of hydrogen-bond donors (Lipinski definition) is 2. The number of hydrogen-bond acceptors (Lipinski definition) is 5. The minimum absolute atomic E-state index is 0.0152. The van der Waals surface area contributed by atoms with Crippen LogP contribution in [-0.2, 0) is 17.9 Å². The number of likely N-dealkylation sites (tertiary alicyclic amines) is 1. The van der Waals surface area contributed by atoms with Crippen LogP contribution in [0.1, 0.15) is 82.3 Å². The van der Waals surface area contributed by atoms with Gasteiger partial charge in [-0.3, -0.25) is 14.9 Å². The molecule has 0 bridgehead atoms. The number of carbonyl (C=O) groups is 3. The number of carboxylic acid groups (broad SMARTS) is 1. The molecule has 1 aliphatic heterocycles. The number of nitrogens with one attached hydrogen (secondary N) is 1. The molecule has 3 amide bonds. The molecule has 1 fully saturated rings. The molecule has 1 aliphatic rings. The van der Waals surface area contributed by atoms with Crippen LogP contribution in [-0.4, -0.2) is 61.0 Å². The Hall–Kier alpha value is -4.79. The van der Waals surface area contributed by atoms with Gasteiger partial charge in [-0.1, -0.05) is 58.9 Å². The van der Waals surface area contributed by atoms with E-state index in [1.54, 1.807) is 21.6 Å². The van der Waals surface area contributed by atoms with E-state index in [-0.39, 0.29) is 65.1 Å². The highest BCUT2D eigenvalue weighted by Gasteiger charge is 2.33. The number of amides is 3. The second-order valence-electron chi connectivity index (χ2n) is 13.4. The maximum Gasteiger partial charge on any atom is 0.407 e. The topological polar surface area (TPSA) is 132 Å². The molecule has 47 heavy (non-hydrogen) atoms. The molecule has 1 saturated heterocycles. The number of aromatic nitrogens is 2. The van der Waals surface area contributed by atoms with E-state index in [4.69, 9.17) is 4.98 Å². The Morgan fingerprint density at radius 2 is 1.83 bits per heavy atom. The number of rotatable bonds is 10. The van der Waals surface area contributed by atoms with E-state index < -0.39 is 18.4 Å². The smallest absolute Gasteiger partial charge is 0.407 e. The van der Waals surface area contributed by atoms with Crippen LogP contribution in [0.15, 0.2) is 54.1 Å². The van der Waals surface area contributed by atoms with Crippen molar-refractivity contribution in [2.45, 2.75) is 86.0 Å². The summed E-state index contributed by atoms with van der Waals surface area (Å²) in [4.78, 5) is 46.7. The third-order valence-corrected chi connectivity index (χ3v) is 8.66. The quantitative estimate of drug-likeness (QED) is 0.176. The third kappa shape index (κ3) is 8.14. The van der Waals surface area contributed by atoms with E-state index in [0.717, 1.165) is 6.42 Å². The number of benzene rings is 2. The summed E-state index contributed by atoms with van der Waals surface area (Å²) in [6.45, 7) is 12.5. The summed E-state index contributed by atoms with van der Waals surface area (Å²) in [6.07, 6.45) is -0.647. The van der Waals surface area contributed by atoms with Crippen LogP contribution < -0.4 is 5.32 Å². The van der Waals surface area contributed by atoms with Crippen LogP contribution in [0.5, 0.6) is 0 Å². The number of alkyl halides is 2. The fourth-order valence-corrected chi connectivity index (χ4v) is 5.69. The molecule has 1 aromatic heterocycles. The highest BCUT2D eigenvalue weighted by Crippen LogP contribution is 2.30. The zero-order valence-corrected chi connectivity index (χ0v) is 27.6. The summed E-state index contributed by atoms with van der Waals surface area (Å²) in [6, 6.07) is 11.9. The van der Waals surface area contributed by atoms with Crippen LogP contribution >= 0.6 is 0 Å². The van der Waals surface area contributed by atoms with Crippen molar-refractivity contribution in [3.63, 3.8) is 0 Å². The second-order valence-corrected chi connectivity index (χ2v) is 13.4. The molecule has 2 N–H and O–H groups in total. The van der Waals surface area contributed by atoms with Gasteiger partial charge in [0.1, 0.15) is 11.6 Å². The highest BCUT2D eigenvalue weighted by molar-refractivity contribution is 6.04. The van der Waals surface area contributed by atoms with Crippen molar-refractivity contribution in [2.24, 2.45) is 11.3 Å². The number of carbonyl (C=O) groups excluding carboxylic acids is 2. The van der Waals surface area contributed by atoms with Crippen LogP contribution in [0.3, 0.4) is 0 Å². The fraction of sp³-hybridized carbons (Fsp3) is 0.457. The Balaban J connectivity index is 1.72. The number of imidazole rings is 1. The van der Waals surface area contributed by atoms with E-state index in [2.05, 4.69) is 5.32 Å². The van der Waals surface area contributed by atoms with Crippen molar-refractivity contribution >= 4 is 34.9 Å². The zero-order valence-electron chi connectivity index (χ0n) is 27.6. The summed E-state index contributed by atoms with van der Waals surface area (Å²) in [5.74, 6) is -0.691. The zero-order chi connectivity index (χ0) is 34.6. The lowest BCUT2D eigenvalue weighted by molar-refractivity contribution is -0.127. The van der Waals surface area contributed by atoms with Crippen LogP contribution in [0, 0.1) is 22.7 Å². The summed E-state index contributed by atoms with van der Waals surface area (Å²) >= 11 is 0. The SMILES string of the molecule is CC(C)C=C(C#N)C(=O)N1CCCC1Cn1c(NC(=O)c2ccc(C(F)F)cc2)nc2cc(CN(C(=O)O)C(C)C(C)(C)C)ccc21. The highest BCUT2D eigenvalue weighted by atomic mass is 19.3. The molecule has 250 valence electrons. The summed E-state index contributed by atoms with van der Waals surface area (Å²) in [5, 5.41) is 22.5. The van der Waals surface area contributed by atoms with E-state index in [9.17, 15) is 33.5 Å². The summed E-state index contributed by atoms with van der Waals surface area (Å²) in [5.41, 5.74) is 1.61. The van der Waals surface area contributed by atoms with Gasteiger partial charge in [0.15, 0.2) is 0 Å². The van der Waals surface area contributed by atoms with Gasteiger partial charge in [-0.15, -0.1) is 0 Å². The van der Waals surface area contributed by atoms with Gasteiger partial charge in [0.2, 0.25) is 5.95 Å². The van der Waals surface area contributed by atoms with Crippen molar-refractivity contribution in [2.75, 3.05) is 11.9 Å². The fourth-order valence-electron chi connectivity index (χ4n) is 5.69. The van der Waals surface area contributed by atoms with Crippen LogP contribution in [0.4, 0.5) is 19.5 Å². The van der Waals surface area contributed by atoms with Crippen LogP contribution in [0.25, 0.3) is 11.0 Å². The number of fused-ring (bicyclic) bond motifs is 1. The molecule has 2 aromatic carbocycles. The Kier molecular flexibility index (Phi) is 10.7. The number of nitriles is 1. The Bertz CT molecular complexity index is 1700. The first-order chi connectivity index (χ1) is 22.1. The predicted molar refractivity (Wildman–Crippen MR) is 175 cm³/mol. The maximum absolute atomic E-state index is 13.4. The Labute approximate surface area is 273 Å². The molecular formula is C35H42F2N6O4. The molecule has 0 saturated carbocycles. The first-order valence-electron chi connectivity index (χ1n) is 15.7. The molecule has 3 aromatic rings. The van der Waals surface area contributed by atoms with E-state index in [1.165, 1.54) is 29.2 Å². The molecule has 0 aliphatic carbocycles. The van der Waals surface area contributed by atoms with Gasteiger partial charge in [-0.05, 0) is 60.9 Å². The predicted octanol–water partition coefficient (Wildman–Crippen LogP) is 7.24. The third-order valence-electron chi connectivity index (χ3n) is 8.66. The average Bonchev–Trinajstić information content (AvgIpc) is 3.61. The summed E-state index contributed by atoms with van der Waals surface area (Å²) in [7, 11) is 0.